The van der Waals surface area contributed by atoms with Crippen molar-refractivity contribution in [3.8, 4) is 0 Å². The maximum absolute atomic E-state index is 11.5. The maximum atomic E-state index is 11.5. The van der Waals surface area contributed by atoms with E-state index in [2.05, 4.69) is 33.0 Å². The molecule has 1 rings (SSSR count). The van der Waals surface area contributed by atoms with Crippen LogP contribution in [-0.2, 0) is 4.79 Å². The molecule has 0 radical (unpaired) electrons. The third-order valence-electron chi connectivity index (χ3n) is 2.66. The second-order valence-corrected chi connectivity index (χ2v) is 5.47. The fraction of sp³-hybridized carbons (Fsp3) is 0.909. The topological polar surface area (TPSA) is 29.1 Å². The summed E-state index contributed by atoms with van der Waals surface area (Å²) in [6, 6.07) is 0.454. The summed E-state index contributed by atoms with van der Waals surface area (Å²) in [5, 5.41) is 3.08. The average Bonchev–Trinajstić information content (AvgIpc) is 1.94. The highest BCUT2D eigenvalue weighted by molar-refractivity contribution is 5.77. The van der Waals surface area contributed by atoms with Gasteiger partial charge in [-0.05, 0) is 24.2 Å². The highest BCUT2D eigenvalue weighted by Gasteiger charge is 2.28. The minimum absolute atomic E-state index is 0.108. The lowest BCUT2D eigenvalue weighted by Crippen LogP contribution is -2.46. The Morgan fingerprint density at radius 1 is 1.38 bits per heavy atom. The molecule has 0 aliphatic heterocycles. The Labute approximate surface area is 81.1 Å². The first-order chi connectivity index (χ1) is 5.88. The van der Waals surface area contributed by atoms with Gasteiger partial charge in [0.25, 0.3) is 0 Å². The predicted octanol–water partition coefficient (Wildman–Crippen LogP) is 2.34. The number of amides is 1. The van der Waals surface area contributed by atoms with Gasteiger partial charge in [0.15, 0.2) is 0 Å². The minimum Gasteiger partial charge on any atom is -0.353 e. The van der Waals surface area contributed by atoms with E-state index in [0.717, 1.165) is 6.42 Å². The first-order valence-corrected chi connectivity index (χ1v) is 5.18. The lowest BCUT2D eigenvalue weighted by atomic mass is 9.81. The lowest BCUT2D eigenvalue weighted by Gasteiger charge is -2.35. The van der Waals surface area contributed by atoms with Gasteiger partial charge in [-0.25, -0.2) is 0 Å². The largest absolute Gasteiger partial charge is 0.353 e. The Balaban J connectivity index is 2.25. The van der Waals surface area contributed by atoms with E-state index in [9.17, 15) is 4.79 Å². The van der Waals surface area contributed by atoms with Crippen LogP contribution in [0.3, 0.4) is 0 Å². The standard InChI is InChI=1S/C11H21NO/c1-8-5-6-9(8)12-10(13)7-11(2,3)4/h8-9H,5-7H2,1-4H3,(H,12,13). The smallest absolute Gasteiger partial charge is 0.220 e. The summed E-state index contributed by atoms with van der Waals surface area (Å²) in [5.41, 5.74) is 0.108. The van der Waals surface area contributed by atoms with Crippen LogP contribution in [0.1, 0.15) is 47.0 Å². The molecule has 1 saturated carbocycles. The summed E-state index contributed by atoms with van der Waals surface area (Å²) in [7, 11) is 0. The predicted molar refractivity (Wildman–Crippen MR) is 54.4 cm³/mol. The van der Waals surface area contributed by atoms with Crippen molar-refractivity contribution < 1.29 is 4.79 Å². The molecule has 2 atom stereocenters. The Kier molecular flexibility index (Phi) is 2.99. The zero-order chi connectivity index (χ0) is 10.1. The number of hydrogen-bond acceptors (Lipinski definition) is 1. The van der Waals surface area contributed by atoms with E-state index in [1.165, 1.54) is 6.42 Å². The maximum Gasteiger partial charge on any atom is 0.220 e. The monoisotopic (exact) mass is 183 g/mol. The van der Waals surface area contributed by atoms with Crippen molar-refractivity contribution in [2.75, 3.05) is 0 Å². The van der Waals surface area contributed by atoms with Gasteiger partial charge in [0.05, 0.1) is 0 Å². The summed E-state index contributed by atoms with van der Waals surface area (Å²) in [6.45, 7) is 8.48. The van der Waals surface area contributed by atoms with Crippen LogP contribution < -0.4 is 5.32 Å². The second kappa shape index (κ2) is 3.69. The van der Waals surface area contributed by atoms with Gasteiger partial charge in [0, 0.05) is 12.5 Å². The summed E-state index contributed by atoms with van der Waals surface area (Å²) in [6.07, 6.45) is 3.06. The van der Waals surface area contributed by atoms with Crippen molar-refractivity contribution in [3.05, 3.63) is 0 Å². The molecular formula is C11H21NO. The van der Waals surface area contributed by atoms with Crippen molar-refractivity contribution >= 4 is 5.91 Å². The molecule has 76 valence electrons. The first-order valence-electron chi connectivity index (χ1n) is 5.18. The number of carbonyl (C=O) groups excluding carboxylic acids is 1. The lowest BCUT2D eigenvalue weighted by molar-refractivity contribution is -0.124. The van der Waals surface area contributed by atoms with E-state index in [0.29, 0.717) is 18.4 Å². The molecule has 1 aliphatic rings. The molecule has 2 heteroatoms. The molecule has 0 aromatic carbocycles. The summed E-state index contributed by atoms with van der Waals surface area (Å²) < 4.78 is 0. The number of hydrogen-bond donors (Lipinski definition) is 1. The average molecular weight is 183 g/mol. The van der Waals surface area contributed by atoms with Crippen molar-refractivity contribution in [2.24, 2.45) is 11.3 Å². The second-order valence-electron chi connectivity index (χ2n) is 5.47. The van der Waals surface area contributed by atoms with Crippen LogP contribution in [0, 0.1) is 11.3 Å². The van der Waals surface area contributed by atoms with E-state index >= 15 is 0 Å². The van der Waals surface area contributed by atoms with Gasteiger partial charge < -0.3 is 5.32 Å². The quantitative estimate of drug-likeness (QED) is 0.699. The number of nitrogens with one attached hydrogen (secondary N) is 1. The minimum atomic E-state index is 0.108. The molecule has 13 heavy (non-hydrogen) atoms. The van der Waals surface area contributed by atoms with Crippen LogP contribution in [0.5, 0.6) is 0 Å². The third-order valence-corrected chi connectivity index (χ3v) is 2.66. The van der Waals surface area contributed by atoms with Crippen LogP contribution in [0.15, 0.2) is 0 Å². The highest BCUT2D eigenvalue weighted by atomic mass is 16.1. The molecule has 2 unspecified atom stereocenters. The van der Waals surface area contributed by atoms with Gasteiger partial charge in [0.1, 0.15) is 0 Å². The van der Waals surface area contributed by atoms with Gasteiger partial charge in [-0.1, -0.05) is 27.7 Å². The number of carbonyl (C=O) groups is 1. The van der Waals surface area contributed by atoms with Crippen molar-refractivity contribution in [2.45, 2.75) is 53.0 Å². The molecule has 1 amide bonds. The van der Waals surface area contributed by atoms with Gasteiger partial charge in [-0.2, -0.15) is 0 Å². The molecule has 0 saturated heterocycles. The van der Waals surface area contributed by atoms with E-state index < -0.39 is 0 Å². The van der Waals surface area contributed by atoms with Crippen LogP contribution in [0.4, 0.5) is 0 Å². The van der Waals surface area contributed by atoms with Crippen molar-refractivity contribution in [3.63, 3.8) is 0 Å². The van der Waals surface area contributed by atoms with Crippen molar-refractivity contribution in [1.29, 1.82) is 0 Å². The third kappa shape index (κ3) is 3.37. The highest BCUT2D eigenvalue weighted by Crippen LogP contribution is 2.27. The Morgan fingerprint density at radius 3 is 2.31 bits per heavy atom. The molecular weight excluding hydrogens is 162 g/mol. The molecule has 2 nitrogen and oxygen atoms in total. The van der Waals surface area contributed by atoms with Crippen molar-refractivity contribution in [1.82, 2.24) is 5.32 Å². The molecule has 0 aromatic heterocycles. The molecule has 0 aromatic rings. The van der Waals surface area contributed by atoms with Crippen LogP contribution >= 0.6 is 0 Å². The summed E-state index contributed by atoms with van der Waals surface area (Å²) in [5.74, 6) is 0.896. The zero-order valence-corrected chi connectivity index (χ0v) is 9.18. The Morgan fingerprint density at radius 2 is 2.00 bits per heavy atom. The van der Waals surface area contributed by atoms with Crippen LogP contribution in [0.25, 0.3) is 0 Å². The molecule has 0 heterocycles. The van der Waals surface area contributed by atoms with E-state index in [4.69, 9.17) is 0 Å². The van der Waals surface area contributed by atoms with Gasteiger partial charge in [-0.3, -0.25) is 4.79 Å². The van der Waals surface area contributed by atoms with E-state index in [1.807, 2.05) is 0 Å². The fourth-order valence-corrected chi connectivity index (χ4v) is 1.62. The normalized spacial score (nSPS) is 28.0. The van der Waals surface area contributed by atoms with Crippen LogP contribution in [0.2, 0.25) is 0 Å². The molecule has 1 N–H and O–H groups in total. The SMILES string of the molecule is CC1CCC1NC(=O)CC(C)(C)C. The first kappa shape index (κ1) is 10.6. The van der Waals surface area contributed by atoms with Gasteiger partial charge >= 0.3 is 0 Å². The number of rotatable bonds is 2. The van der Waals surface area contributed by atoms with Crippen LogP contribution in [-0.4, -0.2) is 11.9 Å². The van der Waals surface area contributed by atoms with E-state index in [1.54, 1.807) is 0 Å². The molecule has 1 fully saturated rings. The zero-order valence-electron chi connectivity index (χ0n) is 9.18. The van der Waals surface area contributed by atoms with Gasteiger partial charge in [-0.15, -0.1) is 0 Å². The molecule has 0 bridgehead atoms. The Hall–Kier alpha value is -0.530. The molecule has 0 spiro atoms. The summed E-state index contributed by atoms with van der Waals surface area (Å²) >= 11 is 0. The van der Waals surface area contributed by atoms with Gasteiger partial charge in [0.2, 0.25) is 5.91 Å². The Bertz CT molecular complexity index is 193. The molecule has 1 aliphatic carbocycles. The summed E-state index contributed by atoms with van der Waals surface area (Å²) in [4.78, 5) is 11.5. The fourth-order valence-electron chi connectivity index (χ4n) is 1.62. The van der Waals surface area contributed by atoms with E-state index in [-0.39, 0.29) is 11.3 Å².